The number of hydrogen-bond acceptors (Lipinski definition) is 3. The molecule has 94 valence electrons. The Morgan fingerprint density at radius 1 is 1.53 bits per heavy atom. The van der Waals surface area contributed by atoms with Gasteiger partial charge in [-0.2, -0.15) is 0 Å². The van der Waals surface area contributed by atoms with Crippen molar-refractivity contribution >= 4 is 11.6 Å². The van der Waals surface area contributed by atoms with Gasteiger partial charge >= 0.3 is 0 Å². The van der Waals surface area contributed by atoms with E-state index in [1.54, 1.807) is 6.92 Å². The molecule has 17 heavy (non-hydrogen) atoms. The van der Waals surface area contributed by atoms with Crippen LogP contribution in [0.25, 0.3) is 0 Å². The van der Waals surface area contributed by atoms with Gasteiger partial charge < -0.3 is 15.8 Å². The fourth-order valence-corrected chi connectivity index (χ4v) is 1.37. The van der Waals surface area contributed by atoms with Crippen LogP contribution in [0.2, 0.25) is 0 Å². The molecule has 0 fully saturated rings. The number of nitrogens with two attached hydrogens (primary N) is 1. The number of halogens is 2. The van der Waals surface area contributed by atoms with Gasteiger partial charge in [0, 0.05) is 13.2 Å². The van der Waals surface area contributed by atoms with Gasteiger partial charge in [0.25, 0.3) is 5.91 Å². The lowest BCUT2D eigenvalue weighted by atomic mass is 10.1. The molecule has 0 aromatic heterocycles. The van der Waals surface area contributed by atoms with Crippen LogP contribution in [0.15, 0.2) is 12.1 Å². The summed E-state index contributed by atoms with van der Waals surface area (Å²) in [5.41, 5.74) is 4.42. The van der Waals surface area contributed by atoms with Gasteiger partial charge in [-0.1, -0.05) is 0 Å². The Morgan fingerprint density at radius 3 is 2.76 bits per heavy atom. The molecule has 1 rings (SSSR count). The van der Waals surface area contributed by atoms with Crippen LogP contribution in [0.5, 0.6) is 0 Å². The number of hydrogen-bond donors (Lipinski definition) is 2. The number of nitrogen functional groups attached to an aromatic ring is 1. The van der Waals surface area contributed by atoms with Crippen LogP contribution in [0.1, 0.15) is 17.3 Å². The maximum Gasteiger partial charge on any atom is 0.254 e. The molecular formula is C11H14F2N2O2. The molecule has 6 heteroatoms. The zero-order chi connectivity index (χ0) is 13.0. The largest absolute Gasteiger partial charge is 0.396 e. The summed E-state index contributed by atoms with van der Waals surface area (Å²) in [6.45, 7) is 1.96. The van der Waals surface area contributed by atoms with E-state index in [9.17, 15) is 13.6 Å². The lowest BCUT2D eigenvalue weighted by Crippen LogP contribution is -2.36. The Balaban J connectivity index is 2.89. The first-order chi connectivity index (χ1) is 7.95. The summed E-state index contributed by atoms with van der Waals surface area (Å²) in [7, 11) is 1.48. The number of rotatable bonds is 4. The highest BCUT2D eigenvalue weighted by Gasteiger charge is 2.17. The highest BCUT2D eigenvalue weighted by molar-refractivity contribution is 5.95. The first-order valence-electron chi connectivity index (χ1n) is 5.00. The summed E-state index contributed by atoms with van der Waals surface area (Å²) >= 11 is 0. The second kappa shape index (κ2) is 5.58. The molecule has 1 aromatic carbocycles. The standard InChI is InChI=1S/C11H14F2N2O2/c1-6(5-17-2)15-11(16)8-3-7(12)4-9(14)10(8)13/h3-4,6H,5,14H2,1-2H3,(H,15,16). The molecule has 0 radical (unpaired) electrons. The van der Waals surface area contributed by atoms with Gasteiger partial charge in [0.15, 0.2) is 5.82 Å². The maximum absolute atomic E-state index is 13.5. The van der Waals surface area contributed by atoms with Crippen LogP contribution >= 0.6 is 0 Å². The van der Waals surface area contributed by atoms with Gasteiger partial charge in [-0.3, -0.25) is 4.79 Å². The van der Waals surface area contributed by atoms with Gasteiger partial charge in [0.1, 0.15) is 5.82 Å². The van der Waals surface area contributed by atoms with Crippen LogP contribution in [0.3, 0.4) is 0 Å². The molecule has 0 heterocycles. The predicted octanol–water partition coefficient (Wildman–Crippen LogP) is 1.31. The van der Waals surface area contributed by atoms with Crippen molar-refractivity contribution in [3.63, 3.8) is 0 Å². The third-order valence-corrected chi connectivity index (χ3v) is 2.10. The molecule has 0 spiro atoms. The molecule has 4 nitrogen and oxygen atoms in total. The lowest BCUT2D eigenvalue weighted by Gasteiger charge is -2.13. The number of methoxy groups -OCH3 is 1. The quantitative estimate of drug-likeness (QED) is 0.785. The van der Waals surface area contributed by atoms with E-state index in [-0.39, 0.29) is 12.6 Å². The van der Waals surface area contributed by atoms with E-state index in [0.717, 1.165) is 12.1 Å². The van der Waals surface area contributed by atoms with Crippen molar-refractivity contribution in [3.05, 3.63) is 29.3 Å². The Hall–Kier alpha value is -1.69. The fourth-order valence-electron chi connectivity index (χ4n) is 1.37. The second-order valence-electron chi connectivity index (χ2n) is 3.69. The van der Waals surface area contributed by atoms with Crippen molar-refractivity contribution < 1.29 is 18.3 Å². The van der Waals surface area contributed by atoms with Gasteiger partial charge in [0.05, 0.1) is 17.9 Å². The Morgan fingerprint density at radius 2 is 2.18 bits per heavy atom. The van der Waals surface area contributed by atoms with Crippen LogP contribution in [-0.2, 0) is 4.74 Å². The first kappa shape index (κ1) is 13.4. The molecule has 1 amide bonds. The number of amides is 1. The minimum atomic E-state index is -0.923. The average molecular weight is 244 g/mol. The zero-order valence-corrected chi connectivity index (χ0v) is 9.59. The smallest absolute Gasteiger partial charge is 0.254 e. The number of benzene rings is 1. The predicted molar refractivity (Wildman–Crippen MR) is 59.6 cm³/mol. The van der Waals surface area contributed by atoms with Crippen molar-refractivity contribution in [2.24, 2.45) is 0 Å². The van der Waals surface area contributed by atoms with Crippen molar-refractivity contribution in [2.75, 3.05) is 19.5 Å². The number of ether oxygens (including phenoxy) is 1. The summed E-state index contributed by atoms with van der Waals surface area (Å²) in [6.07, 6.45) is 0. The molecule has 1 unspecified atom stereocenters. The summed E-state index contributed by atoms with van der Waals surface area (Å²) in [5.74, 6) is -2.40. The van der Waals surface area contributed by atoms with Crippen molar-refractivity contribution in [1.29, 1.82) is 0 Å². The van der Waals surface area contributed by atoms with Crippen LogP contribution in [-0.4, -0.2) is 25.7 Å². The van der Waals surface area contributed by atoms with Gasteiger partial charge in [-0.05, 0) is 19.1 Å². The number of carbonyl (C=O) groups is 1. The summed E-state index contributed by atoms with van der Waals surface area (Å²) in [4.78, 5) is 11.6. The summed E-state index contributed by atoms with van der Waals surface area (Å²) in [6, 6.07) is 1.32. The lowest BCUT2D eigenvalue weighted by molar-refractivity contribution is 0.0901. The molecule has 0 saturated heterocycles. The third-order valence-electron chi connectivity index (χ3n) is 2.10. The van der Waals surface area contributed by atoms with Gasteiger partial charge in [-0.25, -0.2) is 8.78 Å². The minimum Gasteiger partial charge on any atom is -0.396 e. The number of nitrogens with one attached hydrogen (secondary N) is 1. The van der Waals surface area contributed by atoms with E-state index in [1.807, 2.05) is 0 Å². The summed E-state index contributed by atoms with van der Waals surface area (Å²) < 4.78 is 31.3. The monoisotopic (exact) mass is 244 g/mol. The SMILES string of the molecule is COCC(C)NC(=O)c1cc(F)cc(N)c1F. The molecule has 3 N–H and O–H groups in total. The highest BCUT2D eigenvalue weighted by atomic mass is 19.1. The Labute approximate surface area is 97.8 Å². The van der Waals surface area contributed by atoms with E-state index in [0.29, 0.717) is 0 Å². The molecule has 0 aliphatic carbocycles. The van der Waals surface area contributed by atoms with Crippen LogP contribution < -0.4 is 11.1 Å². The average Bonchev–Trinajstić information content (AvgIpc) is 2.23. The first-order valence-corrected chi connectivity index (χ1v) is 5.00. The van der Waals surface area contributed by atoms with Crippen LogP contribution in [0.4, 0.5) is 14.5 Å². The van der Waals surface area contributed by atoms with Gasteiger partial charge in [-0.15, -0.1) is 0 Å². The number of carbonyl (C=O) groups excluding carboxylic acids is 1. The van der Waals surface area contributed by atoms with Crippen molar-refractivity contribution in [1.82, 2.24) is 5.32 Å². The van der Waals surface area contributed by atoms with Crippen molar-refractivity contribution in [3.8, 4) is 0 Å². The van der Waals surface area contributed by atoms with Crippen LogP contribution in [0, 0.1) is 11.6 Å². The molecule has 0 bridgehead atoms. The molecule has 0 saturated carbocycles. The number of anilines is 1. The van der Waals surface area contributed by atoms with Crippen molar-refractivity contribution in [2.45, 2.75) is 13.0 Å². The highest BCUT2D eigenvalue weighted by Crippen LogP contribution is 2.17. The minimum absolute atomic E-state index is 0.276. The Kier molecular flexibility index (Phi) is 4.39. The van der Waals surface area contributed by atoms with E-state index >= 15 is 0 Å². The van der Waals surface area contributed by atoms with E-state index in [1.165, 1.54) is 7.11 Å². The molecule has 0 aliphatic heterocycles. The zero-order valence-electron chi connectivity index (χ0n) is 9.59. The normalized spacial score (nSPS) is 12.2. The fraction of sp³-hybridized carbons (Fsp3) is 0.364. The molecule has 1 atom stereocenters. The maximum atomic E-state index is 13.5. The summed E-state index contributed by atoms with van der Waals surface area (Å²) in [5, 5.41) is 2.47. The molecule has 0 aliphatic rings. The molecular weight excluding hydrogens is 230 g/mol. The van der Waals surface area contributed by atoms with Gasteiger partial charge in [0.2, 0.25) is 0 Å². The second-order valence-corrected chi connectivity index (χ2v) is 3.69. The van der Waals surface area contributed by atoms with E-state index in [2.05, 4.69) is 5.32 Å². The Bertz CT molecular complexity index is 424. The molecule has 1 aromatic rings. The topological polar surface area (TPSA) is 64.3 Å². The third kappa shape index (κ3) is 3.39. The van der Waals surface area contributed by atoms with E-state index in [4.69, 9.17) is 10.5 Å². The van der Waals surface area contributed by atoms with E-state index < -0.39 is 28.8 Å².